The number of H-pyrrole nitrogens is 1. The highest BCUT2D eigenvalue weighted by atomic mass is 32.2. The summed E-state index contributed by atoms with van der Waals surface area (Å²) in [6.07, 6.45) is 8.20. The minimum absolute atomic E-state index is 0.126. The molecule has 7 nitrogen and oxygen atoms in total. The van der Waals surface area contributed by atoms with Crippen LogP contribution in [-0.4, -0.2) is 47.0 Å². The number of aromatic nitrogens is 2. The van der Waals surface area contributed by atoms with Gasteiger partial charge in [0.05, 0.1) is 24.8 Å². The summed E-state index contributed by atoms with van der Waals surface area (Å²) in [7, 11) is 0. The quantitative estimate of drug-likeness (QED) is 0.341. The first-order valence-electron chi connectivity index (χ1n) is 14.3. The molecule has 0 radical (unpaired) electrons. The van der Waals surface area contributed by atoms with Crippen LogP contribution in [0.15, 0.2) is 40.0 Å². The van der Waals surface area contributed by atoms with Gasteiger partial charge in [-0.15, -0.1) is 11.8 Å². The molecule has 3 N–H and O–H groups in total. The Labute approximate surface area is 234 Å². The number of benzene rings is 1. The van der Waals surface area contributed by atoms with Crippen molar-refractivity contribution in [2.24, 2.45) is 11.3 Å². The molecule has 2 unspecified atom stereocenters. The number of thioether (sulfide) groups is 1. The number of carbonyl (C=O) groups excluding carboxylic acids is 1. The standard InChI is InChI=1S/C31H40N4O3S/c1-18-13-27(39-4)24(29(36)33-18)15-32-30(37)28-20(3)35(26-8-6-5-7-23(26)28)19(2)25-10-9-21(14-31(25)11-12-31)34-22-16-38-17-22/h5-8,13,19,21-22,25,34H,9-12,14-17H2,1-4H3,(H,32,37)(H,33,36)/t19-,21?,25?/m1/s1. The van der Waals surface area contributed by atoms with Gasteiger partial charge in [-0.1, -0.05) is 18.2 Å². The zero-order valence-corrected chi connectivity index (χ0v) is 24.2. The number of nitrogens with zero attached hydrogens (tertiary/aromatic N) is 1. The lowest BCUT2D eigenvalue weighted by molar-refractivity contribution is -0.0168. The molecule has 8 heteroatoms. The van der Waals surface area contributed by atoms with Crippen LogP contribution in [0.2, 0.25) is 0 Å². The molecule has 3 aliphatic rings. The minimum Gasteiger partial charge on any atom is -0.378 e. The second-order valence-corrected chi connectivity index (χ2v) is 12.8. The van der Waals surface area contributed by atoms with Gasteiger partial charge in [0.15, 0.2) is 0 Å². The summed E-state index contributed by atoms with van der Waals surface area (Å²) in [5.74, 6) is 0.465. The van der Waals surface area contributed by atoms with E-state index in [0.29, 0.717) is 35.0 Å². The van der Waals surface area contributed by atoms with Gasteiger partial charge in [-0.05, 0) is 82.6 Å². The van der Waals surface area contributed by atoms with Crippen molar-refractivity contribution in [2.45, 2.75) is 82.4 Å². The molecule has 3 fully saturated rings. The number of hydrogen-bond acceptors (Lipinski definition) is 5. The number of para-hydroxylation sites is 1. The fourth-order valence-electron chi connectivity index (χ4n) is 7.40. The summed E-state index contributed by atoms with van der Waals surface area (Å²) in [6, 6.07) is 11.7. The van der Waals surface area contributed by atoms with E-state index in [1.165, 1.54) is 43.9 Å². The Kier molecular flexibility index (Phi) is 7.14. The number of rotatable bonds is 8. The number of nitrogens with one attached hydrogen (secondary N) is 3. The number of fused-ring (bicyclic) bond motifs is 1. The number of ether oxygens (including phenoxy) is 1. The molecule has 6 rings (SSSR count). The molecule has 2 aromatic heterocycles. The zero-order valence-electron chi connectivity index (χ0n) is 23.4. The maximum Gasteiger partial charge on any atom is 0.254 e. The fourth-order valence-corrected chi connectivity index (χ4v) is 8.11. The summed E-state index contributed by atoms with van der Waals surface area (Å²) < 4.78 is 7.81. The van der Waals surface area contributed by atoms with Gasteiger partial charge in [-0.2, -0.15) is 0 Å². The number of carbonyl (C=O) groups is 1. The summed E-state index contributed by atoms with van der Waals surface area (Å²) in [5, 5.41) is 7.90. The topological polar surface area (TPSA) is 88.2 Å². The lowest BCUT2D eigenvalue weighted by atomic mass is 9.70. The van der Waals surface area contributed by atoms with Crippen LogP contribution in [0, 0.1) is 25.2 Å². The minimum atomic E-state index is -0.142. The molecule has 2 aliphatic carbocycles. The fraction of sp³-hybridized carbons (Fsp3) is 0.548. The van der Waals surface area contributed by atoms with E-state index in [1.807, 2.05) is 25.3 Å². The molecule has 2 saturated carbocycles. The van der Waals surface area contributed by atoms with Crippen molar-refractivity contribution in [3.8, 4) is 0 Å². The van der Waals surface area contributed by atoms with Crippen LogP contribution in [0.4, 0.5) is 0 Å². The van der Waals surface area contributed by atoms with Crippen molar-refractivity contribution in [3.63, 3.8) is 0 Å². The van der Waals surface area contributed by atoms with Gasteiger partial charge in [0.2, 0.25) is 0 Å². The van der Waals surface area contributed by atoms with Crippen LogP contribution >= 0.6 is 11.8 Å². The normalized spacial score (nSPS) is 23.1. The molecule has 3 heterocycles. The Balaban J connectivity index is 1.26. The second kappa shape index (κ2) is 10.5. The van der Waals surface area contributed by atoms with Crippen LogP contribution in [-0.2, 0) is 11.3 Å². The average molecular weight is 549 g/mol. The van der Waals surface area contributed by atoms with Gasteiger partial charge in [-0.3, -0.25) is 9.59 Å². The molecule has 208 valence electrons. The van der Waals surface area contributed by atoms with Gasteiger partial charge in [-0.25, -0.2) is 0 Å². The van der Waals surface area contributed by atoms with E-state index in [9.17, 15) is 9.59 Å². The van der Waals surface area contributed by atoms with Gasteiger partial charge in [0.1, 0.15) is 0 Å². The average Bonchev–Trinajstić information content (AvgIpc) is 3.57. The van der Waals surface area contributed by atoms with Gasteiger partial charge in [0, 0.05) is 51.4 Å². The van der Waals surface area contributed by atoms with E-state index in [1.54, 1.807) is 0 Å². The largest absolute Gasteiger partial charge is 0.378 e. The number of amides is 1. The van der Waals surface area contributed by atoms with Crippen LogP contribution in [0.1, 0.15) is 72.4 Å². The van der Waals surface area contributed by atoms with Gasteiger partial charge >= 0.3 is 0 Å². The smallest absolute Gasteiger partial charge is 0.254 e. The Morgan fingerprint density at radius 3 is 2.67 bits per heavy atom. The third-order valence-electron chi connectivity index (χ3n) is 9.52. The van der Waals surface area contributed by atoms with Crippen molar-refractivity contribution in [2.75, 3.05) is 19.5 Å². The van der Waals surface area contributed by atoms with Crippen molar-refractivity contribution < 1.29 is 9.53 Å². The highest BCUT2D eigenvalue weighted by molar-refractivity contribution is 7.98. The third-order valence-corrected chi connectivity index (χ3v) is 10.3. The summed E-state index contributed by atoms with van der Waals surface area (Å²) >= 11 is 1.53. The highest BCUT2D eigenvalue weighted by Gasteiger charge is 2.54. The Bertz CT molecular complexity index is 1450. The van der Waals surface area contributed by atoms with Crippen LogP contribution in [0.5, 0.6) is 0 Å². The van der Waals surface area contributed by atoms with E-state index in [-0.39, 0.29) is 18.0 Å². The first-order chi connectivity index (χ1) is 18.8. The summed E-state index contributed by atoms with van der Waals surface area (Å²) in [4.78, 5) is 30.1. The zero-order chi connectivity index (χ0) is 27.3. The Hall–Kier alpha value is -2.55. The third kappa shape index (κ3) is 4.85. The summed E-state index contributed by atoms with van der Waals surface area (Å²) in [6.45, 7) is 8.21. The van der Waals surface area contributed by atoms with Crippen molar-refractivity contribution >= 4 is 28.6 Å². The molecule has 39 heavy (non-hydrogen) atoms. The van der Waals surface area contributed by atoms with Crippen LogP contribution in [0.25, 0.3) is 10.9 Å². The van der Waals surface area contributed by atoms with E-state index < -0.39 is 0 Å². The molecule has 1 aromatic carbocycles. The van der Waals surface area contributed by atoms with Crippen molar-refractivity contribution in [3.05, 3.63) is 63.2 Å². The maximum absolute atomic E-state index is 13.7. The Morgan fingerprint density at radius 2 is 1.97 bits per heavy atom. The van der Waals surface area contributed by atoms with Crippen molar-refractivity contribution in [1.82, 2.24) is 20.2 Å². The molecule has 1 saturated heterocycles. The molecular weight excluding hydrogens is 508 g/mol. The predicted octanol–water partition coefficient (Wildman–Crippen LogP) is 5.10. The second-order valence-electron chi connectivity index (χ2n) is 11.9. The lowest BCUT2D eigenvalue weighted by Crippen LogP contribution is -2.52. The Morgan fingerprint density at radius 1 is 1.21 bits per heavy atom. The lowest BCUT2D eigenvalue weighted by Gasteiger charge is -2.43. The van der Waals surface area contributed by atoms with E-state index >= 15 is 0 Å². The number of aromatic amines is 1. The number of hydrogen-bond donors (Lipinski definition) is 3. The molecule has 1 spiro atoms. The van der Waals surface area contributed by atoms with Crippen LogP contribution < -0.4 is 16.2 Å². The predicted molar refractivity (Wildman–Crippen MR) is 157 cm³/mol. The maximum atomic E-state index is 13.7. The number of aryl methyl sites for hydroxylation is 1. The molecule has 1 aliphatic heterocycles. The van der Waals surface area contributed by atoms with E-state index in [0.717, 1.165) is 46.0 Å². The molecule has 3 aromatic rings. The SMILES string of the molecule is CSc1cc(C)[nH]c(=O)c1CNC(=O)c1c(C)n([C@H](C)C2CCC(NC3COC3)CC23CC3)c2ccccc12. The van der Waals surface area contributed by atoms with E-state index in [4.69, 9.17) is 4.74 Å². The van der Waals surface area contributed by atoms with E-state index in [2.05, 4.69) is 52.2 Å². The molecule has 1 amide bonds. The molecule has 0 bridgehead atoms. The van der Waals surface area contributed by atoms with Gasteiger partial charge in [0.25, 0.3) is 11.5 Å². The van der Waals surface area contributed by atoms with Gasteiger partial charge < -0.3 is 24.9 Å². The first kappa shape index (κ1) is 26.7. The molecule has 3 atom stereocenters. The van der Waals surface area contributed by atoms with Crippen molar-refractivity contribution in [1.29, 1.82) is 0 Å². The first-order valence-corrected chi connectivity index (χ1v) is 15.5. The molecular formula is C31H40N4O3S. The van der Waals surface area contributed by atoms with Crippen LogP contribution in [0.3, 0.4) is 0 Å². The monoisotopic (exact) mass is 548 g/mol. The number of pyridine rings is 1. The summed E-state index contributed by atoms with van der Waals surface area (Å²) in [5.41, 5.74) is 4.53. The highest BCUT2D eigenvalue weighted by Crippen LogP contribution is 2.62.